The van der Waals surface area contributed by atoms with Crippen LogP contribution in [-0.4, -0.2) is 17.7 Å². The molecule has 0 amide bonds. The molecule has 1 aromatic carbocycles. The van der Waals surface area contributed by atoms with Crippen molar-refractivity contribution in [3.05, 3.63) is 46.6 Å². The fourth-order valence-electron chi connectivity index (χ4n) is 2.89. The van der Waals surface area contributed by atoms with Gasteiger partial charge in [0.15, 0.2) is 0 Å². The zero-order valence-corrected chi connectivity index (χ0v) is 12.5. The maximum Gasteiger partial charge on any atom is 0.133 e. The van der Waals surface area contributed by atoms with Crippen LogP contribution >= 0.6 is 11.6 Å². The summed E-state index contributed by atoms with van der Waals surface area (Å²) in [6, 6.07) is 11.7. The van der Waals surface area contributed by atoms with E-state index in [1.807, 2.05) is 28.8 Å². The lowest BCUT2D eigenvalue weighted by molar-refractivity contribution is 0.761. The number of rotatable bonds is 3. The third-order valence-corrected chi connectivity index (χ3v) is 4.27. The molecule has 0 radical (unpaired) electrons. The van der Waals surface area contributed by atoms with Gasteiger partial charge in [-0.05, 0) is 30.5 Å². The molecule has 5 heteroatoms. The van der Waals surface area contributed by atoms with Crippen molar-refractivity contribution in [1.82, 2.24) is 4.57 Å². The molecule has 2 heterocycles. The minimum absolute atomic E-state index is 0.561. The van der Waals surface area contributed by atoms with Crippen LogP contribution in [0.1, 0.15) is 24.1 Å². The number of nitriles is 1. The van der Waals surface area contributed by atoms with Crippen molar-refractivity contribution >= 4 is 23.1 Å². The molecule has 108 valence electrons. The minimum Gasteiger partial charge on any atom is -0.396 e. The number of halogens is 1. The molecule has 1 saturated heterocycles. The van der Waals surface area contributed by atoms with E-state index in [1.165, 1.54) is 12.8 Å². The van der Waals surface area contributed by atoms with Gasteiger partial charge in [0.05, 0.1) is 12.2 Å². The first-order valence-corrected chi connectivity index (χ1v) is 7.46. The largest absolute Gasteiger partial charge is 0.396 e. The molecular formula is C16H17ClN4. The van der Waals surface area contributed by atoms with Crippen LogP contribution in [0.4, 0.5) is 11.5 Å². The Hall–Kier alpha value is -2.12. The molecule has 2 aromatic rings. The van der Waals surface area contributed by atoms with E-state index in [2.05, 4.69) is 11.0 Å². The van der Waals surface area contributed by atoms with Crippen molar-refractivity contribution in [2.75, 3.05) is 23.7 Å². The molecule has 1 fully saturated rings. The summed E-state index contributed by atoms with van der Waals surface area (Å²) in [5.74, 6) is 0.948. The summed E-state index contributed by atoms with van der Waals surface area (Å²) in [5, 5.41) is 10.1. The van der Waals surface area contributed by atoms with Crippen LogP contribution in [0, 0.1) is 11.3 Å². The Morgan fingerprint density at radius 1 is 1.24 bits per heavy atom. The SMILES string of the molecule is N#Cc1cc(N)c(N2CCCC2)n1Cc1ccccc1Cl. The average Bonchev–Trinajstić information content (AvgIpc) is 3.09. The summed E-state index contributed by atoms with van der Waals surface area (Å²) in [5.41, 5.74) is 8.38. The van der Waals surface area contributed by atoms with Gasteiger partial charge in [0.1, 0.15) is 17.6 Å². The Bertz CT molecular complexity index is 693. The second-order valence-corrected chi connectivity index (χ2v) is 5.70. The zero-order valence-electron chi connectivity index (χ0n) is 11.7. The predicted octanol–water partition coefficient (Wildman–Crippen LogP) is 3.24. The highest BCUT2D eigenvalue weighted by atomic mass is 35.5. The van der Waals surface area contributed by atoms with Gasteiger partial charge >= 0.3 is 0 Å². The van der Waals surface area contributed by atoms with Crippen molar-refractivity contribution < 1.29 is 0 Å². The summed E-state index contributed by atoms with van der Waals surface area (Å²) in [7, 11) is 0. The van der Waals surface area contributed by atoms with Gasteiger partial charge in [-0.3, -0.25) is 0 Å². The number of benzene rings is 1. The highest BCUT2D eigenvalue weighted by Crippen LogP contribution is 2.32. The molecule has 3 rings (SSSR count). The molecule has 2 N–H and O–H groups in total. The van der Waals surface area contributed by atoms with Crippen LogP contribution in [-0.2, 0) is 6.54 Å². The normalized spacial score (nSPS) is 14.4. The summed E-state index contributed by atoms with van der Waals surface area (Å²) < 4.78 is 1.97. The first-order chi connectivity index (χ1) is 10.2. The predicted molar refractivity (Wildman–Crippen MR) is 85.6 cm³/mol. The first-order valence-electron chi connectivity index (χ1n) is 7.08. The topological polar surface area (TPSA) is 58.0 Å². The van der Waals surface area contributed by atoms with Crippen molar-refractivity contribution in [3.8, 4) is 6.07 Å². The lowest BCUT2D eigenvalue weighted by atomic mass is 10.2. The van der Waals surface area contributed by atoms with Crippen LogP contribution in [0.2, 0.25) is 5.02 Å². The number of nitrogens with two attached hydrogens (primary N) is 1. The zero-order chi connectivity index (χ0) is 14.8. The molecular weight excluding hydrogens is 284 g/mol. The Balaban J connectivity index is 2.04. The summed E-state index contributed by atoms with van der Waals surface area (Å²) in [6.07, 6.45) is 2.33. The number of hydrogen-bond donors (Lipinski definition) is 1. The number of nitrogens with zero attached hydrogens (tertiary/aromatic N) is 3. The molecule has 0 aliphatic carbocycles. The summed E-state index contributed by atoms with van der Waals surface area (Å²) >= 11 is 6.25. The quantitative estimate of drug-likeness (QED) is 0.946. The Labute approximate surface area is 129 Å². The molecule has 21 heavy (non-hydrogen) atoms. The summed E-state index contributed by atoms with van der Waals surface area (Å²) in [4.78, 5) is 2.26. The van der Waals surface area contributed by atoms with Gasteiger partial charge in [-0.2, -0.15) is 5.26 Å². The van der Waals surface area contributed by atoms with Gasteiger partial charge in [-0.25, -0.2) is 0 Å². The maximum absolute atomic E-state index is 9.37. The van der Waals surface area contributed by atoms with Crippen LogP contribution in [0.25, 0.3) is 0 Å². The van der Waals surface area contributed by atoms with E-state index in [0.29, 0.717) is 22.9 Å². The number of nitrogen functional groups attached to an aromatic ring is 1. The average molecular weight is 301 g/mol. The first kappa shape index (κ1) is 13.8. The Kier molecular flexibility index (Phi) is 3.76. The monoisotopic (exact) mass is 300 g/mol. The smallest absolute Gasteiger partial charge is 0.133 e. The van der Waals surface area contributed by atoms with Gasteiger partial charge in [-0.1, -0.05) is 29.8 Å². The van der Waals surface area contributed by atoms with E-state index >= 15 is 0 Å². The van der Waals surface area contributed by atoms with E-state index in [9.17, 15) is 5.26 Å². The van der Waals surface area contributed by atoms with Crippen LogP contribution in [0.15, 0.2) is 30.3 Å². The molecule has 4 nitrogen and oxygen atoms in total. The molecule has 1 aliphatic heterocycles. The van der Waals surface area contributed by atoms with E-state index in [-0.39, 0.29) is 0 Å². The van der Waals surface area contributed by atoms with Crippen molar-refractivity contribution in [2.24, 2.45) is 0 Å². The van der Waals surface area contributed by atoms with Crippen LogP contribution in [0.5, 0.6) is 0 Å². The number of aromatic nitrogens is 1. The van der Waals surface area contributed by atoms with Gasteiger partial charge in [0.25, 0.3) is 0 Å². The Morgan fingerprint density at radius 3 is 2.62 bits per heavy atom. The fraction of sp³-hybridized carbons (Fsp3) is 0.312. The summed E-state index contributed by atoms with van der Waals surface area (Å²) in [6.45, 7) is 2.54. The second kappa shape index (κ2) is 5.71. The lowest BCUT2D eigenvalue weighted by Gasteiger charge is -2.22. The number of hydrogen-bond acceptors (Lipinski definition) is 3. The molecule has 0 unspecified atom stereocenters. The molecule has 1 aliphatic rings. The fourth-order valence-corrected chi connectivity index (χ4v) is 3.09. The van der Waals surface area contributed by atoms with Gasteiger partial charge in [-0.15, -0.1) is 0 Å². The van der Waals surface area contributed by atoms with Crippen molar-refractivity contribution in [1.29, 1.82) is 5.26 Å². The molecule has 0 saturated carbocycles. The standard InChI is InChI=1S/C16H17ClN4/c17-14-6-2-1-5-12(14)11-21-13(10-18)9-15(19)16(21)20-7-3-4-8-20/h1-2,5-6,9H,3-4,7-8,11,19H2. The number of anilines is 2. The van der Waals surface area contributed by atoms with E-state index in [0.717, 1.165) is 24.5 Å². The van der Waals surface area contributed by atoms with Crippen molar-refractivity contribution in [2.45, 2.75) is 19.4 Å². The lowest BCUT2D eigenvalue weighted by Crippen LogP contribution is -2.23. The van der Waals surface area contributed by atoms with Gasteiger partial charge in [0.2, 0.25) is 0 Å². The molecule has 0 bridgehead atoms. The highest BCUT2D eigenvalue weighted by molar-refractivity contribution is 6.31. The molecule has 0 atom stereocenters. The third kappa shape index (κ3) is 2.57. The Morgan fingerprint density at radius 2 is 1.95 bits per heavy atom. The van der Waals surface area contributed by atoms with Crippen LogP contribution < -0.4 is 10.6 Å². The second-order valence-electron chi connectivity index (χ2n) is 5.29. The van der Waals surface area contributed by atoms with Crippen LogP contribution in [0.3, 0.4) is 0 Å². The molecule has 1 aromatic heterocycles. The van der Waals surface area contributed by atoms with Gasteiger partial charge < -0.3 is 15.2 Å². The van der Waals surface area contributed by atoms with Crippen molar-refractivity contribution in [3.63, 3.8) is 0 Å². The van der Waals surface area contributed by atoms with E-state index in [4.69, 9.17) is 17.3 Å². The third-order valence-electron chi connectivity index (χ3n) is 3.90. The van der Waals surface area contributed by atoms with E-state index < -0.39 is 0 Å². The highest BCUT2D eigenvalue weighted by Gasteiger charge is 2.22. The van der Waals surface area contributed by atoms with E-state index in [1.54, 1.807) is 6.07 Å². The molecule has 0 spiro atoms. The maximum atomic E-state index is 9.37. The minimum atomic E-state index is 0.561. The van der Waals surface area contributed by atoms with Gasteiger partial charge in [0, 0.05) is 18.1 Å².